The summed E-state index contributed by atoms with van der Waals surface area (Å²) >= 11 is 6.23. The Morgan fingerprint density at radius 2 is 2.06 bits per heavy atom. The number of hydrogen-bond acceptors (Lipinski definition) is 5. The molecule has 31 heavy (non-hydrogen) atoms. The fraction of sp³-hybridized carbons (Fsp3) is 0.174. The summed E-state index contributed by atoms with van der Waals surface area (Å²) in [6.45, 7) is 0.611. The van der Waals surface area contributed by atoms with Crippen molar-refractivity contribution < 1.29 is 14.3 Å². The van der Waals surface area contributed by atoms with E-state index in [0.29, 0.717) is 23.1 Å². The Hall–Kier alpha value is -3.58. The van der Waals surface area contributed by atoms with Gasteiger partial charge in [-0.3, -0.25) is 9.78 Å². The number of rotatable bonds is 6. The molecule has 4 aromatic rings. The highest BCUT2D eigenvalue weighted by molar-refractivity contribution is 6.30. The molecule has 0 spiro atoms. The average Bonchev–Trinajstić information content (AvgIpc) is 3.43. The second-order valence-corrected chi connectivity index (χ2v) is 7.70. The lowest BCUT2D eigenvalue weighted by atomic mass is 9.92. The lowest BCUT2D eigenvalue weighted by Crippen LogP contribution is -2.25. The highest BCUT2D eigenvalue weighted by atomic mass is 35.5. The summed E-state index contributed by atoms with van der Waals surface area (Å²) in [5, 5.41) is 3.58. The number of benzene rings is 1. The second kappa shape index (κ2) is 8.28. The molecule has 0 bridgehead atoms. The molecule has 156 valence electrons. The van der Waals surface area contributed by atoms with Crippen LogP contribution in [0.25, 0.3) is 5.65 Å². The van der Waals surface area contributed by atoms with Crippen molar-refractivity contribution in [2.45, 2.75) is 18.9 Å². The molecule has 8 heteroatoms. The molecule has 4 heterocycles. The minimum Gasteiger partial charge on any atom is -0.454 e. The van der Waals surface area contributed by atoms with Crippen LogP contribution in [0.3, 0.4) is 0 Å². The van der Waals surface area contributed by atoms with E-state index in [1.54, 1.807) is 24.7 Å². The Balaban J connectivity index is 1.46. The number of ether oxygens (including phenoxy) is 2. The van der Waals surface area contributed by atoms with Crippen molar-refractivity contribution >= 4 is 23.2 Å². The first-order valence-corrected chi connectivity index (χ1v) is 10.2. The molecule has 0 saturated heterocycles. The van der Waals surface area contributed by atoms with Crippen molar-refractivity contribution in [1.29, 1.82) is 0 Å². The number of aromatic nitrogens is 3. The molecule has 7 nitrogen and oxygen atoms in total. The SMILES string of the molecule is O=C(CC(c1ccc2c(c1)OCO2)c1cnc2ccc(Cl)cn12)NCc1cccnc1. The van der Waals surface area contributed by atoms with Gasteiger partial charge in [-0.1, -0.05) is 23.7 Å². The van der Waals surface area contributed by atoms with Gasteiger partial charge in [-0.15, -0.1) is 0 Å². The van der Waals surface area contributed by atoms with E-state index in [1.165, 1.54) is 0 Å². The maximum atomic E-state index is 12.9. The lowest BCUT2D eigenvalue weighted by Gasteiger charge is -2.18. The van der Waals surface area contributed by atoms with E-state index in [2.05, 4.69) is 15.3 Å². The van der Waals surface area contributed by atoms with Crippen LogP contribution in [-0.4, -0.2) is 27.1 Å². The molecule has 0 fully saturated rings. The van der Waals surface area contributed by atoms with Crippen molar-refractivity contribution in [3.63, 3.8) is 0 Å². The van der Waals surface area contributed by atoms with Gasteiger partial charge in [-0.25, -0.2) is 4.98 Å². The Bertz CT molecular complexity index is 1240. The van der Waals surface area contributed by atoms with Gasteiger partial charge in [0.25, 0.3) is 0 Å². The Kier molecular flexibility index (Phi) is 5.18. The standard InChI is InChI=1S/C23H19ClN4O3/c24-17-4-6-22-26-12-19(28(22)13-17)18(16-3-5-20-21(8-16)31-14-30-20)9-23(29)27-11-15-2-1-7-25-10-15/h1-8,10,12-13,18H,9,11,14H2,(H,27,29). The number of halogens is 1. The number of nitrogens with one attached hydrogen (secondary N) is 1. The van der Waals surface area contributed by atoms with E-state index in [1.807, 2.05) is 47.0 Å². The molecule has 1 aliphatic heterocycles. The average molecular weight is 435 g/mol. The zero-order valence-electron chi connectivity index (χ0n) is 16.5. The van der Waals surface area contributed by atoms with Gasteiger partial charge in [0, 0.05) is 43.7 Å². The van der Waals surface area contributed by atoms with Crippen LogP contribution >= 0.6 is 11.6 Å². The smallest absolute Gasteiger partial charge is 0.231 e. The summed E-state index contributed by atoms with van der Waals surface area (Å²) < 4.78 is 12.9. The van der Waals surface area contributed by atoms with E-state index in [4.69, 9.17) is 21.1 Å². The predicted octanol–water partition coefficient (Wildman–Crippen LogP) is 3.95. The first-order chi connectivity index (χ1) is 15.2. The number of pyridine rings is 2. The first kappa shape index (κ1) is 19.4. The number of fused-ring (bicyclic) bond motifs is 2. The normalized spacial score (nSPS) is 13.3. The van der Waals surface area contributed by atoms with Crippen molar-refractivity contribution in [1.82, 2.24) is 19.7 Å². The summed E-state index contributed by atoms with van der Waals surface area (Å²) in [6.07, 6.45) is 7.28. The molecule has 1 aromatic carbocycles. The van der Waals surface area contributed by atoms with Crippen LogP contribution in [-0.2, 0) is 11.3 Å². The number of imidazole rings is 1. The highest BCUT2D eigenvalue weighted by Gasteiger charge is 2.24. The fourth-order valence-electron chi connectivity index (χ4n) is 3.72. The molecule has 1 N–H and O–H groups in total. The maximum absolute atomic E-state index is 12.9. The number of carbonyl (C=O) groups excluding carboxylic acids is 1. The minimum absolute atomic E-state index is 0.0801. The lowest BCUT2D eigenvalue weighted by molar-refractivity contribution is -0.121. The number of nitrogens with zero attached hydrogens (tertiary/aromatic N) is 3. The number of hydrogen-bond donors (Lipinski definition) is 1. The zero-order chi connectivity index (χ0) is 21.2. The van der Waals surface area contributed by atoms with Crippen LogP contribution in [0.2, 0.25) is 5.02 Å². The molecule has 1 unspecified atom stereocenters. The molecule has 0 radical (unpaired) electrons. The molecule has 5 rings (SSSR count). The van der Waals surface area contributed by atoms with Gasteiger partial charge in [0.05, 0.1) is 10.7 Å². The molecular formula is C23H19ClN4O3. The maximum Gasteiger partial charge on any atom is 0.231 e. The summed E-state index contributed by atoms with van der Waals surface area (Å²) in [7, 11) is 0. The van der Waals surface area contributed by atoms with Crippen LogP contribution in [0, 0.1) is 0 Å². The van der Waals surface area contributed by atoms with Crippen LogP contribution in [0.15, 0.2) is 67.3 Å². The van der Waals surface area contributed by atoms with Gasteiger partial charge in [-0.2, -0.15) is 0 Å². The van der Waals surface area contributed by atoms with E-state index < -0.39 is 0 Å². The van der Waals surface area contributed by atoms with Gasteiger partial charge in [0.2, 0.25) is 12.7 Å². The van der Waals surface area contributed by atoms with Gasteiger partial charge < -0.3 is 19.2 Å². The Labute approximate surface area is 183 Å². The van der Waals surface area contributed by atoms with Crippen molar-refractivity contribution in [3.05, 3.63) is 89.1 Å². The summed E-state index contributed by atoms with van der Waals surface area (Å²) in [6, 6.07) is 13.2. The fourth-order valence-corrected chi connectivity index (χ4v) is 3.88. The van der Waals surface area contributed by atoms with Crippen LogP contribution < -0.4 is 14.8 Å². The Morgan fingerprint density at radius 3 is 2.94 bits per heavy atom. The molecule has 3 aromatic heterocycles. The third kappa shape index (κ3) is 4.04. The monoisotopic (exact) mass is 434 g/mol. The third-order valence-electron chi connectivity index (χ3n) is 5.26. The second-order valence-electron chi connectivity index (χ2n) is 7.27. The van der Waals surface area contributed by atoms with Crippen molar-refractivity contribution in [2.24, 2.45) is 0 Å². The molecule has 0 aliphatic carbocycles. The van der Waals surface area contributed by atoms with Crippen LogP contribution in [0.1, 0.15) is 29.2 Å². The summed E-state index contributed by atoms with van der Waals surface area (Å²) in [5.41, 5.74) is 3.51. The molecule has 0 saturated carbocycles. The van der Waals surface area contributed by atoms with Crippen molar-refractivity contribution in [2.75, 3.05) is 6.79 Å². The molecular weight excluding hydrogens is 416 g/mol. The highest BCUT2D eigenvalue weighted by Crippen LogP contribution is 2.38. The molecule has 1 aliphatic rings. The van der Waals surface area contributed by atoms with E-state index in [0.717, 1.165) is 22.5 Å². The van der Waals surface area contributed by atoms with Gasteiger partial charge >= 0.3 is 0 Å². The van der Waals surface area contributed by atoms with Gasteiger partial charge in [0.1, 0.15) is 5.65 Å². The van der Waals surface area contributed by atoms with E-state index >= 15 is 0 Å². The summed E-state index contributed by atoms with van der Waals surface area (Å²) in [5.74, 6) is 1.04. The largest absolute Gasteiger partial charge is 0.454 e. The van der Waals surface area contributed by atoms with Crippen LogP contribution in [0.4, 0.5) is 0 Å². The summed E-state index contributed by atoms with van der Waals surface area (Å²) in [4.78, 5) is 21.5. The Morgan fingerprint density at radius 1 is 1.16 bits per heavy atom. The zero-order valence-corrected chi connectivity index (χ0v) is 17.2. The predicted molar refractivity (Wildman–Crippen MR) is 115 cm³/mol. The van der Waals surface area contributed by atoms with Crippen LogP contribution in [0.5, 0.6) is 11.5 Å². The van der Waals surface area contributed by atoms with Gasteiger partial charge in [0.15, 0.2) is 11.5 Å². The number of carbonyl (C=O) groups is 1. The first-order valence-electron chi connectivity index (χ1n) is 9.85. The molecule has 1 atom stereocenters. The van der Waals surface area contributed by atoms with E-state index in [9.17, 15) is 4.79 Å². The van der Waals surface area contributed by atoms with Gasteiger partial charge in [-0.05, 0) is 41.5 Å². The van der Waals surface area contributed by atoms with Crippen molar-refractivity contribution in [3.8, 4) is 11.5 Å². The molecule has 1 amide bonds. The third-order valence-corrected chi connectivity index (χ3v) is 5.48. The quantitative estimate of drug-likeness (QED) is 0.497. The van der Waals surface area contributed by atoms with E-state index in [-0.39, 0.29) is 25.0 Å². The topological polar surface area (TPSA) is 77.8 Å². The minimum atomic E-state index is -0.253. The number of amides is 1.